The van der Waals surface area contributed by atoms with Crippen molar-refractivity contribution >= 4 is 18.0 Å². The van der Waals surface area contributed by atoms with Gasteiger partial charge in [-0.1, -0.05) is 19.3 Å². The SMILES string of the molecule is CC(C)(C)OC(=O)N1C[C@@](C)(c2cc(F)cc(F)c2)N(CC(=O)O)C(=O)C12CCCCC2.[H-].[Li+]. The first-order chi connectivity index (χ1) is 14.8. The summed E-state index contributed by atoms with van der Waals surface area (Å²) in [5.41, 5.74) is -3.47. The molecule has 1 atom stereocenters. The summed E-state index contributed by atoms with van der Waals surface area (Å²) in [5, 5.41) is 9.54. The molecule has 10 heteroatoms. The third-order valence-electron chi connectivity index (χ3n) is 6.29. The minimum atomic E-state index is -1.47. The smallest absolute Gasteiger partial charge is 1.00 e. The summed E-state index contributed by atoms with van der Waals surface area (Å²) in [4.78, 5) is 41.4. The van der Waals surface area contributed by atoms with Crippen LogP contribution in [0, 0.1) is 11.6 Å². The summed E-state index contributed by atoms with van der Waals surface area (Å²) in [6.07, 6.45) is 2.31. The fraction of sp³-hybridized carbons (Fsp3) is 0.609. The van der Waals surface area contributed by atoms with Gasteiger partial charge in [0.2, 0.25) is 5.91 Å². The van der Waals surface area contributed by atoms with E-state index in [0.717, 1.165) is 23.5 Å². The fourth-order valence-corrected chi connectivity index (χ4v) is 4.81. The summed E-state index contributed by atoms with van der Waals surface area (Å²) >= 11 is 0. The molecule has 33 heavy (non-hydrogen) atoms. The molecule has 0 radical (unpaired) electrons. The Morgan fingerprint density at radius 2 is 1.67 bits per heavy atom. The minimum Gasteiger partial charge on any atom is -1.00 e. The maximum atomic E-state index is 14.1. The molecule has 1 saturated carbocycles. The van der Waals surface area contributed by atoms with E-state index in [2.05, 4.69) is 0 Å². The summed E-state index contributed by atoms with van der Waals surface area (Å²) < 4.78 is 33.8. The zero-order valence-corrected chi connectivity index (χ0v) is 19.9. The van der Waals surface area contributed by atoms with E-state index in [1.54, 1.807) is 20.8 Å². The molecule has 1 saturated heterocycles. The number of amides is 2. The number of hydrogen-bond acceptors (Lipinski definition) is 4. The number of piperazine rings is 1. The van der Waals surface area contributed by atoms with Gasteiger partial charge >= 0.3 is 30.9 Å². The minimum absolute atomic E-state index is 0. The maximum absolute atomic E-state index is 14.1. The van der Waals surface area contributed by atoms with Crippen LogP contribution < -0.4 is 18.9 Å². The fourth-order valence-electron chi connectivity index (χ4n) is 4.81. The van der Waals surface area contributed by atoms with E-state index in [1.165, 1.54) is 11.8 Å². The first kappa shape index (κ1) is 27.1. The zero-order valence-electron chi connectivity index (χ0n) is 20.9. The van der Waals surface area contributed by atoms with Crippen LogP contribution in [0.4, 0.5) is 13.6 Å². The van der Waals surface area contributed by atoms with Crippen LogP contribution in [0.3, 0.4) is 0 Å². The number of ether oxygens (including phenoxy) is 1. The van der Waals surface area contributed by atoms with Crippen LogP contribution in [0.2, 0.25) is 0 Å². The number of rotatable bonds is 3. The predicted molar refractivity (Wildman–Crippen MR) is 113 cm³/mol. The second-order valence-electron chi connectivity index (χ2n) is 9.88. The molecule has 1 spiro atoms. The number of carboxylic acid groups (broad SMARTS) is 1. The van der Waals surface area contributed by atoms with Crippen molar-refractivity contribution in [3.8, 4) is 0 Å². The second kappa shape index (κ2) is 9.63. The van der Waals surface area contributed by atoms with Crippen LogP contribution >= 0.6 is 0 Å². The molecule has 178 valence electrons. The number of benzene rings is 1. The summed E-state index contributed by atoms with van der Waals surface area (Å²) in [6.45, 7) is 5.85. The number of carbonyl (C=O) groups is 3. The summed E-state index contributed by atoms with van der Waals surface area (Å²) in [7, 11) is 0. The molecular weight excluding hydrogens is 429 g/mol. The molecule has 1 N–H and O–H groups in total. The van der Waals surface area contributed by atoms with E-state index in [0.29, 0.717) is 31.7 Å². The molecule has 1 heterocycles. The van der Waals surface area contributed by atoms with Crippen molar-refractivity contribution in [1.29, 1.82) is 0 Å². The van der Waals surface area contributed by atoms with E-state index in [4.69, 9.17) is 4.74 Å². The van der Waals surface area contributed by atoms with Crippen molar-refractivity contribution in [2.24, 2.45) is 0 Å². The van der Waals surface area contributed by atoms with E-state index >= 15 is 0 Å². The molecule has 3 rings (SSSR count). The number of hydrogen-bond donors (Lipinski definition) is 1. The molecule has 2 aliphatic rings. The van der Waals surface area contributed by atoms with E-state index in [-0.39, 0.29) is 32.4 Å². The number of carbonyl (C=O) groups excluding carboxylic acids is 2. The molecule has 1 aromatic carbocycles. The van der Waals surface area contributed by atoms with Crippen LogP contribution in [-0.4, -0.2) is 57.1 Å². The number of aliphatic carboxylic acids is 1. The van der Waals surface area contributed by atoms with Crippen LogP contribution in [-0.2, 0) is 19.9 Å². The van der Waals surface area contributed by atoms with Crippen molar-refractivity contribution < 1.29 is 53.3 Å². The van der Waals surface area contributed by atoms with Crippen LogP contribution in [0.15, 0.2) is 18.2 Å². The van der Waals surface area contributed by atoms with Gasteiger partial charge < -0.3 is 16.2 Å². The standard InChI is InChI=1S/C23H30F2N2O5.Li.H/c1-21(2,3)32-20(31)27-14-22(4,15-10-16(24)12-17(25)11-15)26(13-18(28)29)19(30)23(27)8-6-5-7-9-23;;/h10-12H,5-9,13-14H2,1-4H3,(H,28,29);;/q;+1;-1/t22-;;/m0../s1. The van der Waals surface area contributed by atoms with Crippen molar-refractivity contribution in [3.63, 3.8) is 0 Å². The largest absolute Gasteiger partial charge is 1.00 e. The maximum Gasteiger partial charge on any atom is 1.00 e. The quantitative estimate of drug-likeness (QED) is 0.685. The third-order valence-corrected chi connectivity index (χ3v) is 6.29. The Balaban J connectivity index is 0.00000289. The first-order valence-electron chi connectivity index (χ1n) is 10.8. The van der Waals surface area contributed by atoms with Gasteiger partial charge in [0.15, 0.2) is 0 Å². The van der Waals surface area contributed by atoms with Gasteiger partial charge in [-0.25, -0.2) is 13.6 Å². The molecule has 1 aromatic rings. The number of carboxylic acids is 1. The summed E-state index contributed by atoms with van der Waals surface area (Å²) in [6, 6.07) is 2.84. The van der Waals surface area contributed by atoms with E-state index < -0.39 is 52.8 Å². The van der Waals surface area contributed by atoms with Crippen molar-refractivity contribution in [3.05, 3.63) is 35.4 Å². The topological polar surface area (TPSA) is 87.2 Å². The Hall–Kier alpha value is -2.11. The Labute approximate surface area is 206 Å². The van der Waals surface area contributed by atoms with Gasteiger partial charge in [0.05, 0.1) is 12.1 Å². The number of halogens is 2. The van der Waals surface area contributed by atoms with Gasteiger partial charge in [-0.05, 0) is 58.2 Å². The zero-order chi connectivity index (χ0) is 23.9. The summed E-state index contributed by atoms with van der Waals surface area (Å²) in [5.74, 6) is -3.50. The van der Waals surface area contributed by atoms with Gasteiger partial charge in [-0.15, -0.1) is 0 Å². The molecule has 1 aliphatic heterocycles. The van der Waals surface area contributed by atoms with Gasteiger partial charge in [0.1, 0.15) is 29.3 Å². The van der Waals surface area contributed by atoms with Crippen molar-refractivity contribution in [2.45, 2.75) is 76.5 Å². The van der Waals surface area contributed by atoms with Gasteiger partial charge in [0.25, 0.3) is 0 Å². The Bertz CT molecular complexity index is 916. The molecule has 2 fully saturated rings. The molecule has 2 amide bonds. The Morgan fingerprint density at radius 3 is 2.15 bits per heavy atom. The molecule has 1 aliphatic carbocycles. The van der Waals surface area contributed by atoms with Gasteiger partial charge in [0, 0.05) is 6.07 Å². The molecule has 0 unspecified atom stereocenters. The predicted octanol–water partition coefficient (Wildman–Crippen LogP) is 1.16. The third kappa shape index (κ3) is 5.35. The van der Waals surface area contributed by atoms with Gasteiger partial charge in [-0.2, -0.15) is 0 Å². The second-order valence-corrected chi connectivity index (χ2v) is 9.88. The molecular formula is C23H31F2LiN2O5. The van der Waals surface area contributed by atoms with Gasteiger partial charge in [-0.3, -0.25) is 14.5 Å². The van der Waals surface area contributed by atoms with Crippen molar-refractivity contribution in [2.75, 3.05) is 13.1 Å². The van der Waals surface area contributed by atoms with Crippen molar-refractivity contribution in [1.82, 2.24) is 9.80 Å². The molecule has 0 bridgehead atoms. The normalized spacial score (nSPS) is 22.7. The van der Waals surface area contributed by atoms with E-state index in [9.17, 15) is 28.3 Å². The first-order valence-corrected chi connectivity index (χ1v) is 10.8. The van der Waals surface area contributed by atoms with E-state index in [1.807, 2.05) is 0 Å². The average molecular weight is 460 g/mol. The van der Waals surface area contributed by atoms with Crippen LogP contribution in [0.5, 0.6) is 0 Å². The average Bonchev–Trinajstić information content (AvgIpc) is 2.67. The Morgan fingerprint density at radius 1 is 1.12 bits per heavy atom. The number of nitrogens with zero attached hydrogens (tertiary/aromatic N) is 2. The Kier molecular flexibility index (Phi) is 7.92. The van der Waals surface area contributed by atoms with Crippen LogP contribution in [0.25, 0.3) is 0 Å². The molecule has 7 nitrogen and oxygen atoms in total. The van der Waals surface area contributed by atoms with Crippen LogP contribution in [0.1, 0.15) is 66.8 Å². The molecule has 0 aromatic heterocycles. The monoisotopic (exact) mass is 460 g/mol.